The Balaban J connectivity index is 1.89. The number of benzene rings is 2. The topological polar surface area (TPSA) is 47.6 Å². The number of carbonyl (C=O) groups excluding carboxylic acids is 1. The van der Waals surface area contributed by atoms with Crippen LogP contribution in [-0.2, 0) is 11.3 Å². The monoisotopic (exact) mass is 327 g/mol. The van der Waals surface area contributed by atoms with Crippen LogP contribution < -0.4 is 14.8 Å². The van der Waals surface area contributed by atoms with Crippen LogP contribution in [0.3, 0.4) is 0 Å². The molecule has 2 aromatic carbocycles. The molecule has 0 aliphatic rings. The van der Waals surface area contributed by atoms with Gasteiger partial charge in [-0.2, -0.15) is 0 Å². The Labute approximate surface area is 143 Å². The number of para-hydroxylation sites is 1. The minimum Gasteiger partial charge on any atom is -0.491 e. The smallest absolute Gasteiger partial charge is 0.261 e. The third kappa shape index (κ3) is 5.30. The van der Waals surface area contributed by atoms with Gasteiger partial charge < -0.3 is 14.8 Å². The average Bonchev–Trinajstić information content (AvgIpc) is 2.54. The zero-order chi connectivity index (χ0) is 17.5. The van der Waals surface area contributed by atoms with Crippen LogP contribution in [0.5, 0.6) is 11.5 Å². The molecule has 4 heteroatoms. The van der Waals surface area contributed by atoms with Gasteiger partial charge in [0, 0.05) is 6.54 Å². The van der Waals surface area contributed by atoms with Gasteiger partial charge in [-0.3, -0.25) is 4.79 Å². The van der Waals surface area contributed by atoms with Crippen LogP contribution >= 0.6 is 0 Å². The number of nitrogens with one attached hydrogen (secondary N) is 1. The Bertz CT molecular complexity index is 682. The van der Waals surface area contributed by atoms with E-state index in [4.69, 9.17) is 9.47 Å². The summed E-state index contributed by atoms with van der Waals surface area (Å²) in [7, 11) is 0. The maximum Gasteiger partial charge on any atom is 0.261 e. The summed E-state index contributed by atoms with van der Waals surface area (Å²) in [6, 6.07) is 15.4. The summed E-state index contributed by atoms with van der Waals surface area (Å²) < 4.78 is 11.4. The van der Waals surface area contributed by atoms with E-state index >= 15 is 0 Å². The van der Waals surface area contributed by atoms with Gasteiger partial charge in [0.2, 0.25) is 0 Å². The summed E-state index contributed by atoms with van der Waals surface area (Å²) >= 11 is 0. The van der Waals surface area contributed by atoms with Gasteiger partial charge in [0.25, 0.3) is 5.91 Å². The predicted octanol–water partition coefficient (Wildman–Crippen LogP) is 3.87. The fraction of sp³-hybridized carbons (Fsp3) is 0.350. The SMILES string of the molecule is Cc1ccccc1OC(C)C(=O)NCc1cccc(OC(C)C)c1. The van der Waals surface area contributed by atoms with Gasteiger partial charge in [-0.05, 0) is 57.0 Å². The summed E-state index contributed by atoms with van der Waals surface area (Å²) in [4.78, 5) is 12.2. The van der Waals surface area contributed by atoms with Crippen molar-refractivity contribution < 1.29 is 14.3 Å². The molecule has 0 radical (unpaired) electrons. The van der Waals surface area contributed by atoms with Crippen molar-refractivity contribution in [3.05, 3.63) is 59.7 Å². The molecule has 1 unspecified atom stereocenters. The number of ether oxygens (including phenoxy) is 2. The fourth-order valence-corrected chi connectivity index (χ4v) is 2.27. The first-order valence-corrected chi connectivity index (χ1v) is 8.21. The molecule has 0 heterocycles. The van der Waals surface area contributed by atoms with Crippen molar-refractivity contribution in [2.75, 3.05) is 0 Å². The van der Waals surface area contributed by atoms with E-state index in [0.29, 0.717) is 6.54 Å². The van der Waals surface area contributed by atoms with E-state index in [2.05, 4.69) is 5.32 Å². The van der Waals surface area contributed by atoms with Crippen LogP contribution in [0, 0.1) is 6.92 Å². The molecule has 0 aliphatic carbocycles. The average molecular weight is 327 g/mol. The fourth-order valence-electron chi connectivity index (χ4n) is 2.27. The second-order valence-corrected chi connectivity index (χ2v) is 6.06. The van der Waals surface area contributed by atoms with Crippen LogP contribution in [0.15, 0.2) is 48.5 Å². The van der Waals surface area contributed by atoms with Crippen LogP contribution in [0.25, 0.3) is 0 Å². The largest absolute Gasteiger partial charge is 0.491 e. The number of rotatable bonds is 7. The van der Waals surface area contributed by atoms with Crippen molar-refractivity contribution in [1.82, 2.24) is 5.32 Å². The zero-order valence-corrected chi connectivity index (χ0v) is 14.7. The van der Waals surface area contributed by atoms with Crippen molar-refractivity contribution in [2.45, 2.75) is 46.4 Å². The van der Waals surface area contributed by atoms with Gasteiger partial charge in [-0.15, -0.1) is 0 Å². The van der Waals surface area contributed by atoms with Gasteiger partial charge in [0.15, 0.2) is 6.10 Å². The highest BCUT2D eigenvalue weighted by molar-refractivity contribution is 5.80. The molecule has 0 aromatic heterocycles. The van der Waals surface area contributed by atoms with E-state index in [9.17, 15) is 4.79 Å². The van der Waals surface area contributed by atoms with Crippen LogP contribution in [0.1, 0.15) is 31.9 Å². The molecule has 0 aliphatic heterocycles. The third-order valence-corrected chi connectivity index (χ3v) is 3.50. The molecular formula is C20H25NO3. The predicted molar refractivity (Wildman–Crippen MR) is 95.3 cm³/mol. The molecule has 4 nitrogen and oxygen atoms in total. The molecule has 1 amide bonds. The minimum atomic E-state index is -0.554. The van der Waals surface area contributed by atoms with E-state index in [0.717, 1.165) is 22.6 Å². The number of amides is 1. The van der Waals surface area contributed by atoms with Crippen LogP contribution in [-0.4, -0.2) is 18.1 Å². The second-order valence-electron chi connectivity index (χ2n) is 6.06. The molecule has 0 spiro atoms. The van der Waals surface area contributed by atoms with E-state index in [1.807, 2.05) is 69.3 Å². The quantitative estimate of drug-likeness (QED) is 0.840. The highest BCUT2D eigenvalue weighted by Gasteiger charge is 2.15. The van der Waals surface area contributed by atoms with Gasteiger partial charge in [0.05, 0.1) is 6.10 Å². The lowest BCUT2D eigenvalue weighted by Gasteiger charge is -2.16. The van der Waals surface area contributed by atoms with E-state index < -0.39 is 6.10 Å². The molecule has 1 N–H and O–H groups in total. The molecule has 0 fully saturated rings. The summed E-state index contributed by atoms with van der Waals surface area (Å²) in [6.45, 7) is 8.12. The van der Waals surface area contributed by atoms with Crippen molar-refractivity contribution in [3.8, 4) is 11.5 Å². The van der Waals surface area contributed by atoms with E-state index in [1.165, 1.54) is 0 Å². The van der Waals surface area contributed by atoms with E-state index in [1.54, 1.807) is 6.92 Å². The Hall–Kier alpha value is -2.49. The molecular weight excluding hydrogens is 302 g/mol. The number of hydrogen-bond acceptors (Lipinski definition) is 3. The first kappa shape index (κ1) is 17.9. The summed E-state index contributed by atoms with van der Waals surface area (Å²) in [5.41, 5.74) is 2.00. The number of hydrogen-bond donors (Lipinski definition) is 1. The number of carbonyl (C=O) groups is 1. The maximum absolute atomic E-state index is 12.2. The first-order valence-electron chi connectivity index (χ1n) is 8.21. The van der Waals surface area contributed by atoms with Crippen LogP contribution in [0.2, 0.25) is 0 Å². The van der Waals surface area contributed by atoms with Crippen molar-refractivity contribution in [1.29, 1.82) is 0 Å². The Kier molecular flexibility index (Phi) is 6.24. The minimum absolute atomic E-state index is 0.123. The first-order chi connectivity index (χ1) is 11.5. The second kappa shape index (κ2) is 8.39. The molecule has 128 valence electrons. The normalized spacial score (nSPS) is 11.9. The summed E-state index contributed by atoms with van der Waals surface area (Å²) in [5, 5.41) is 2.90. The van der Waals surface area contributed by atoms with Crippen molar-refractivity contribution in [2.24, 2.45) is 0 Å². The zero-order valence-electron chi connectivity index (χ0n) is 14.7. The lowest BCUT2D eigenvalue weighted by molar-refractivity contribution is -0.127. The van der Waals surface area contributed by atoms with Gasteiger partial charge in [-0.1, -0.05) is 30.3 Å². The molecule has 24 heavy (non-hydrogen) atoms. The lowest BCUT2D eigenvalue weighted by atomic mass is 10.2. The highest BCUT2D eigenvalue weighted by atomic mass is 16.5. The van der Waals surface area contributed by atoms with Crippen LogP contribution in [0.4, 0.5) is 0 Å². The van der Waals surface area contributed by atoms with Crippen molar-refractivity contribution in [3.63, 3.8) is 0 Å². The third-order valence-electron chi connectivity index (χ3n) is 3.50. The van der Waals surface area contributed by atoms with Gasteiger partial charge in [-0.25, -0.2) is 0 Å². The maximum atomic E-state index is 12.2. The molecule has 2 aromatic rings. The molecule has 1 atom stereocenters. The summed E-state index contributed by atoms with van der Waals surface area (Å²) in [6.07, 6.45) is -0.432. The molecule has 0 saturated heterocycles. The molecule has 0 saturated carbocycles. The van der Waals surface area contributed by atoms with E-state index in [-0.39, 0.29) is 12.0 Å². The lowest BCUT2D eigenvalue weighted by Crippen LogP contribution is -2.36. The molecule has 0 bridgehead atoms. The summed E-state index contributed by atoms with van der Waals surface area (Å²) in [5.74, 6) is 1.39. The van der Waals surface area contributed by atoms with Crippen molar-refractivity contribution >= 4 is 5.91 Å². The Morgan fingerprint density at radius 3 is 2.50 bits per heavy atom. The number of aryl methyl sites for hydroxylation is 1. The Morgan fingerprint density at radius 1 is 1.04 bits per heavy atom. The highest BCUT2D eigenvalue weighted by Crippen LogP contribution is 2.18. The standard InChI is InChI=1S/C20H25NO3/c1-14(2)23-18-10-7-9-17(12-18)13-21-20(22)16(4)24-19-11-6-5-8-15(19)3/h5-12,14,16H,13H2,1-4H3,(H,21,22). The van der Waals surface area contributed by atoms with Gasteiger partial charge in [0.1, 0.15) is 11.5 Å². The molecule has 2 rings (SSSR count). The Morgan fingerprint density at radius 2 is 1.79 bits per heavy atom. The van der Waals surface area contributed by atoms with Gasteiger partial charge >= 0.3 is 0 Å².